The van der Waals surface area contributed by atoms with Crippen molar-refractivity contribution < 1.29 is 9.90 Å². The molecule has 126 valence electrons. The predicted molar refractivity (Wildman–Crippen MR) is 91.1 cm³/mol. The monoisotopic (exact) mass is 358 g/mol. The number of rotatable bonds is 5. The summed E-state index contributed by atoms with van der Waals surface area (Å²) in [5.74, 6) is -0.0769. The Bertz CT molecular complexity index is 732. The van der Waals surface area contributed by atoms with Crippen molar-refractivity contribution in [3.63, 3.8) is 0 Å². The number of halogens is 1. The van der Waals surface area contributed by atoms with Crippen LogP contribution in [0.4, 0.5) is 0 Å². The van der Waals surface area contributed by atoms with Crippen LogP contribution in [0, 0.1) is 5.92 Å². The van der Waals surface area contributed by atoms with Crippen LogP contribution in [0.5, 0.6) is 0 Å². The van der Waals surface area contributed by atoms with Crippen LogP contribution in [0.3, 0.4) is 0 Å². The SMILES string of the molecule is Cl.O=C(CCn1cnc2sccc2c1=O)NCC1CNCC1O. The van der Waals surface area contributed by atoms with Crippen LogP contribution in [0.25, 0.3) is 10.2 Å². The first kappa shape index (κ1) is 17.9. The Morgan fingerprint density at radius 2 is 2.35 bits per heavy atom. The van der Waals surface area contributed by atoms with Gasteiger partial charge in [-0.2, -0.15) is 0 Å². The second kappa shape index (κ2) is 7.87. The molecule has 3 N–H and O–H groups in total. The lowest BCUT2D eigenvalue weighted by molar-refractivity contribution is -0.121. The molecule has 3 rings (SSSR count). The number of fused-ring (bicyclic) bond motifs is 1. The molecule has 23 heavy (non-hydrogen) atoms. The molecule has 9 heteroatoms. The van der Waals surface area contributed by atoms with E-state index in [9.17, 15) is 14.7 Å². The summed E-state index contributed by atoms with van der Waals surface area (Å²) in [6.45, 7) is 2.03. The molecule has 0 saturated carbocycles. The fourth-order valence-corrected chi connectivity index (χ4v) is 3.26. The van der Waals surface area contributed by atoms with Crippen LogP contribution in [0.1, 0.15) is 6.42 Å². The number of aliphatic hydroxyl groups excluding tert-OH is 1. The lowest BCUT2D eigenvalue weighted by atomic mass is 10.1. The van der Waals surface area contributed by atoms with E-state index in [4.69, 9.17) is 0 Å². The van der Waals surface area contributed by atoms with Crippen molar-refractivity contribution in [3.8, 4) is 0 Å². The fraction of sp³-hybridized carbons (Fsp3) is 0.500. The number of hydrogen-bond acceptors (Lipinski definition) is 6. The zero-order chi connectivity index (χ0) is 15.5. The van der Waals surface area contributed by atoms with E-state index in [1.807, 2.05) is 5.38 Å². The summed E-state index contributed by atoms with van der Waals surface area (Å²) < 4.78 is 1.46. The predicted octanol–water partition coefficient (Wildman–Crippen LogP) is -0.0336. The smallest absolute Gasteiger partial charge is 0.262 e. The van der Waals surface area contributed by atoms with Crippen LogP contribution in [-0.4, -0.2) is 46.3 Å². The maximum atomic E-state index is 12.2. The first-order valence-electron chi connectivity index (χ1n) is 7.23. The summed E-state index contributed by atoms with van der Waals surface area (Å²) >= 11 is 1.42. The second-order valence-corrected chi connectivity index (χ2v) is 6.32. The number of nitrogens with zero attached hydrogens (tertiary/aromatic N) is 2. The largest absolute Gasteiger partial charge is 0.391 e. The molecule has 1 aliphatic rings. The molecule has 1 aliphatic heterocycles. The first-order chi connectivity index (χ1) is 10.6. The van der Waals surface area contributed by atoms with Gasteiger partial charge >= 0.3 is 0 Å². The number of aryl methyl sites for hydroxylation is 1. The minimum absolute atomic E-state index is 0. The van der Waals surface area contributed by atoms with Gasteiger partial charge in [0.25, 0.3) is 5.56 Å². The summed E-state index contributed by atoms with van der Waals surface area (Å²) in [4.78, 5) is 28.9. The van der Waals surface area contributed by atoms with Gasteiger partial charge in [0.05, 0.1) is 17.8 Å². The molecule has 0 bridgehead atoms. The molecule has 1 amide bonds. The van der Waals surface area contributed by atoms with E-state index < -0.39 is 6.10 Å². The van der Waals surface area contributed by atoms with Crippen LogP contribution < -0.4 is 16.2 Å². The van der Waals surface area contributed by atoms with Gasteiger partial charge in [0.1, 0.15) is 4.83 Å². The Kier molecular flexibility index (Phi) is 6.11. The third-order valence-corrected chi connectivity index (χ3v) is 4.72. The van der Waals surface area contributed by atoms with Gasteiger partial charge in [0.2, 0.25) is 5.91 Å². The molecule has 2 unspecified atom stereocenters. The highest BCUT2D eigenvalue weighted by molar-refractivity contribution is 7.16. The van der Waals surface area contributed by atoms with Gasteiger partial charge in [-0.1, -0.05) is 0 Å². The van der Waals surface area contributed by atoms with Crippen LogP contribution in [-0.2, 0) is 11.3 Å². The maximum Gasteiger partial charge on any atom is 0.262 e. The molecule has 0 aromatic carbocycles. The van der Waals surface area contributed by atoms with Gasteiger partial charge in [-0.25, -0.2) is 4.98 Å². The van der Waals surface area contributed by atoms with Crippen LogP contribution in [0.15, 0.2) is 22.6 Å². The Morgan fingerprint density at radius 1 is 1.52 bits per heavy atom. The third-order valence-electron chi connectivity index (χ3n) is 3.90. The lowest BCUT2D eigenvalue weighted by Crippen LogP contribution is -2.35. The van der Waals surface area contributed by atoms with Crippen LogP contribution in [0.2, 0.25) is 0 Å². The molecule has 1 saturated heterocycles. The number of carbonyl (C=O) groups excluding carboxylic acids is 1. The third kappa shape index (κ3) is 4.08. The Morgan fingerprint density at radius 3 is 3.09 bits per heavy atom. The summed E-state index contributed by atoms with van der Waals surface area (Å²) in [6.07, 6.45) is 1.29. The van der Waals surface area contributed by atoms with E-state index in [2.05, 4.69) is 15.6 Å². The molecule has 2 atom stereocenters. The highest BCUT2D eigenvalue weighted by Gasteiger charge is 2.24. The first-order valence-corrected chi connectivity index (χ1v) is 8.11. The molecule has 0 spiro atoms. The highest BCUT2D eigenvalue weighted by Crippen LogP contribution is 2.13. The van der Waals surface area contributed by atoms with Crippen molar-refractivity contribution in [1.29, 1.82) is 0 Å². The number of β-amino-alcohol motifs (C(OH)–C–C–N with tert-alkyl or cyclic N) is 1. The Hall–Kier alpha value is -1.48. The number of aliphatic hydroxyl groups is 1. The standard InChI is InChI=1S/C14H18N4O3S.ClH/c19-11-7-15-5-9(11)6-16-12(20)1-3-18-8-17-13-10(14(18)21)2-4-22-13;/h2,4,8-9,11,15,19H,1,3,5-7H2,(H,16,20);1H. The summed E-state index contributed by atoms with van der Waals surface area (Å²) in [7, 11) is 0. The van der Waals surface area contributed by atoms with Crippen molar-refractivity contribution in [1.82, 2.24) is 20.2 Å². The van der Waals surface area contributed by atoms with Gasteiger partial charge in [-0.05, 0) is 11.4 Å². The average molecular weight is 359 g/mol. The Balaban J connectivity index is 0.00000192. The molecule has 0 radical (unpaired) electrons. The van der Waals surface area contributed by atoms with Gasteiger partial charge < -0.3 is 15.7 Å². The van der Waals surface area contributed by atoms with E-state index in [1.165, 1.54) is 22.2 Å². The normalized spacial score (nSPS) is 20.4. The molecular weight excluding hydrogens is 340 g/mol. The molecule has 7 nitrogen and oxygen atoms in total. The summed E-state index contributed by atoms with van der Waals surface area (Å²) in [5.41, 5.74) is -0.116. The van der Waals surface area contributed by atoms with E-state index >= 15 is 0 Å². The van der Waals surface area contributed by atoms with E-state index in [0.717, 1.165) is 0 Å². The second-order valence-electron chi connectivity index (χ2n) is 5.42. The van der Waals surface area contributed by atoms with Crippen molar-refractivity contribution in [2.24, 2.45) is 5.92 Å². The van der Waals surface area contributed by atoms with Crippen molar-refractivity contribution >= 4 is 39.9 Å². The van der Waals surface area contributed by atoms with Crippen molar-refractivity contribution in [2.75, 3.05) is 19.6 Å². The van der Waals surface area contributed by atoms with Crippen molar-refractivity contribution in [2.45, 2.75) is 19.1 Å². The van der Waals surface area contributed by atoms with Gasteiger partial charge in [-0.15, -0.1) is 23.7 Å². The van der Waals surface area contributed by atoms with E-state index in [-0.39, 0.29) is 36.2 Å². The lowest BCUT2D eigenvalue weighted by Gasteiger charge is -2.14. The van der Waals surface area contributed by atoms with Crippen LogP contribution >= 0.6 is 23.7 Å². The number of aromatic nitrogens is 2. The minimum atomic E-state index is -0.409. The zero-order valence-electron chi connectivity index (χ0n) is 12.4. The maximum absolute atomic E-state index is 12.2. The fourth-order valence-electron chi connectivity index (χ4n) is 2.54. The number of thiophene rings is 1. The van der Waals surface area contributed by atoms with Gasteiger partial charge in [-0.3, -0.25) is 14.2 Å². The van der Waals surface area contributed by atoms with E-state index in [0.29, 0.717) is 36.4 Å². The number of amides is 1. The topological polar surface area (TPSA) is 96.2 Å². The molecule has 3 heterocycles. The number of hydrogen-bond donors (Lipinski definition) is 3. The quantitative estimate of drug-likeness (QED) is 0.697. The van der Waals surface area contributed by atoms with Gasteiger partial charge in [0, 0.05) is 38.5 Å². The highest BCUT2D eigenvalue weighted by atomic mass is 35.5. The Labute approximate surface area is 143 Å². The molecule has 1 fully saturated rings. The number of carbonyl (C=O) groups is 1. The molecular formula is C14H19ClN4O3S. The number of nitrogens with one attached hydrogen (secondary N) is 2. The van der Waals surface area contributed by atoms with Gasteiger partial charge in [0.15, 0.2) is 0 Å². The molecule has 0 aliphatic carbocycles. The zero-order valence-corrected chi connectivity index (χ0v) is 14.0. The molecule has 2 aromatic rings. The van der Waals surface area contributed by atoms with Crippen molar-refractivity contribution in [3.05, 3.63) is 28.1 Å². The summed E-state index contributed by atoms with van der Waals surface area (Å²) in [6, 6.07) is 1.75. The van der Waals surface area contributed by atoms with E-state index in [1.54, 1.807) is 6.07 Å². The average Bonchev–Trinajstić information content (AvgIpc) is 3.13. The summed E-state index contributed by atoms with van der Waals surface area (Å²) in [5, 5.41) is 18.0. The minimum Gasteiger partial charge on any atom is -0.391 e. The molecule has 2 aromatic heterocycles.